The Hall–Kier alpha value is -2.36. The number of esters is 1. The van der Waals surface area contributed by atoms with Gasteiger partial charge in [0.1, 0.15) is 6.10 Å². The van der Waals surface area contributed by atoms with Crippen LogP contribution in [0.2, 0.25) is 0 Å². The van der Waals surface area contributed by atoms with E-state index in [4.69, 9.17) is 14.2 Å². The van der Waals surface area contributed by atoms with E-state index in [-0.39, 0.29) is 31.0 Å². The van der Waals surface area contributed by atoms with Crippen LogP contribution in [-0.2, 0) is 28.6 Å². The molecule has 0 aromatic rings. The summed E-state index contributed by atoms with van der Waals surface area (Å²) >= 11 is 0. The fraction of sp³-hybridized carbons (Fsp3) is 0.915. The highest BCUT2D eigenvalue weighted by atomic mass is 16.7. The highest BCUT2D eigenvalue weighted by Gasteiger charge is 2.27. The first-order valence-electron chi connectivity index (χ1n) is 23.8. The number of hydrogen-bond acceptors (Lipinski definition) is 8. The van der Waals surface area contributed by atoms with Gasteiger partial charge in [-0.3, -0.25) is 14.4 Å². The van der Waals surface area contributed by atoms with Gasteiger partial charge in [-0.05, 0) is 70.4 Å². The van der Waals surface area contributed by atoms with Gasteiger partial charge in [-0.25, -0.2) is 4.79 Å². The molecule has 0 aliphatic rings. The zero-order chi connectivity index (χ0) is 42.4. The molecular weight excluding hydrogens is 723 g/mol. The lowest BCUT2D eigenvalue weighted by molar-refractivity contribution is -0.150. The van der Waals surface area contributed by atoms with Gasteiger partial charge in [0.05, 0.1) is 25.0 Å². The summed E-state index contributed by atoms with van der Waals surface area (Å²) in [6.45, 7) is 13.9. The van der Waals surface area contributed by atoms with Crippen LogP contribution in [0.25, 0.3) is 0 Å². The van der Waals surface area contributed by atoms with Crippen LogP contribution in [0.3, 0.4) is 0 Å². The Balaban J connectivity index is 5.21. The average molecular weight is 812 g/mol. The topological polar surface area (TPSA) is 140 Å². The normalized spacial score (nSPS) is 13.6. The van der Waals surface area contributed by atoms with Crippen molar-refractivity contribution in [3.05, 3.63) is 0 Å². The van der Waals surface area contributed by atoms with Crippen molar-refractivity contribution in [1.82, 2.24) is 4.90 Å². The van der Waals surface area contributed by atoms with E-state index < -0.39 is 29.9 Å². The van der Waals surface area contributed by atoms with Gasteiger partial charge in [0.25, 0.3) is 0 Å². The molecule has 0 heterocycles. The Bertz CT molecular complexity index is 941. The molecule has 0 saturated heterocycles. The number of rotatable bonds is 42. The minimum absolute atomic E-state index is 0.0289. The van der Waals surface area contributed by atoms with Crippen molar-refractivity contribution in [3.63, 3.8) is 0 Å². The van der Waals surface area contributed by atoms with Gasteiger partial charge in [0, 0.05) is 19.4 Å². The fourth-order valence-corrected chi connectivity index (χ4v) is 7.82. The molecule has 0 fully saturated rings. The first-order valence-corrected chi connectivity index (χ1v) is 23.8. The Morgan fingerprint density at radius 3 is 1.42 bits per heavy atom. The summed E-state index contributed by atoms with van der Waals surface area (Å²) in [6, 6.07) is 0. The number of ether oxygens (including phenoxy) is 3. The van der Waals surface area contributed by atoms with Gasteiger partial charge in [0.2, 0.25) is 0 Å². The predicted octanol–water partition coefficient (Wildman–Crippen LogP) is 12.8. The summed E-state index contributed by atoms with van der Waals surface area (Å²) in [5.74, 6) is -2.86. The largest absolute Gasteiger partial charge is 0.508 e. The van der Waals surface area contributed by atoms with E-state index in [1.165, 1.54) is 44.9 Å². The molecule has 3 unspecified atom stereocenters. The van der Waals surface area contributed by atoms with Gasteiger partial charge in [-0.1, -0.05) is 157 Å². The molecule has 0 radical (unpaired) electrons. The van der Waals surface area contributed by atoms with Crippen molar-refractivity contribution >= 4 is 24.1 Å². The fourth-order valence-electron chi connectivity index (χ4n) is 7.82. The second-order valence-corrected chi connectivity index (χ2v) is 16.6. The third kappa shape index (κ3) is 33.2. The quantitative estimate of drug-likeness (QED) is 0.0452. The summed E-state index contributed by atoms with van der Waals surface area (Å²) in [5.41, 5.74) is 0. The number of unbranched alkanes of at least 4 members (excludes halogenated alkanes) is 16. The summed E-state index contributed by atoms with van der Waals surface area (Å²) < 4.78 is 16.6. The molecule has 0 spiro atoms. The molecule has 57 heavy (non-hydrogen) atoms. The molecule has 0 aromatic heterocycles. The Kier molecular flexibility index (Phi) is 37.5. The number of carboxylic acid groups (broad SMARTS) is 2. The van der Waals surface area contributed by atoms with Crippen molar-refractivity contribution < 1.29 is 43.6 Å². The van der Waals surface area contributed by atoms with Crippen LogP contribution in [0.1, 0.15) is 221 Å². The maximum absolute atomic E-state index is 13.1. The van der Waals surface area contributed by atoms with Crippen LogP contribution >= 0.6 is 0 Å². The first-order chi connectivity index (χ1) is 27.6. The van der Waals surface area contributed by atoms with E-state index in [1.807, 2.05) is 0 Å². The number of nitrogens with zero attached hydrogens (tertiary/aromatic N) is 1. The van der Waals surface area contributed by atoms with Crippen molar-refractivity contribution in [1.29, 1.82) is 0 Å². The summed E-state index contributed by atoms with van der Waals surface area (Å²) in [5, 5.41) is 20.1. The molecule has 2 N–H and O–H groups in total. The lowest BCUT2D eigenvalue weighted by Gasteiger charge is -2.24. The van der Waals surface area contributed by atoms with Crippen LogP contribution in [0.4, 0.5) is 4.79 Å². The average Bonchev–Trinajstić information content (AvgIpc) is 3.18. The van der Waals surface area contributed by atoms with Crippen molar-refractivity contribution in [3.8, 4) is 0 Å². The van der Waals surface area contributed by atoms with E-state index in [0.29, 0.717) is 58.0 Å². The van der Waals surface area contributed by atoms with E-state index in [9.17, 15) is 29.4 Å². The first kappa shape index (κ1) is 54.6. The predicted molar refractivity (Wildman–Crippen MR) is 232 cm³/mol. The number of carbonyl (C=O) groups is 4. The lowest BCUT2D eigenvalue weighted by Crippen LogP contribution is -2.25. The highest BCUT2D eigenvalue weighted by molar-refractivity contribution is 5.71. The zero-order valence-corrected chi connectivity index (χ0v) is 37.6. The van der Waals surface area contributed by atoms with E-state index in [1.54, 1.807) is 0 Å². The smallest absolute Gasteiger partial charge is 0.481 e. The molecule has 0 bridgehead atoms. The molecule has 0 saturated carbocycles. The molecule has 10 heteroatoms. The monoisotopic (exact) mass is 812 g/mol. The van der Waals surface area contributed by atoms with E-state index in [0.717, 1.165) is 103 Å². The van der Waals surface area contributed by atoms with Crippen LogP contribution in [0.15, 0.2) is 0 Å². The molecule has 0 aliphatic heterocycles. The van der Waals surface area contributed by atoms with Gasteiger partial charge in [0.15, 0.2) is 0 Å². The second kappa shape index (κ2) is 39.1. The minimum Gasteiger partial charge on any atom is -0.481 e. The van der Waals surface area contributed by atoms with E-state index >= 15 is 0 Å². The summed E-state index contributed by atoms with van der Waals surface area (Å²) in [4.78, 5) is 52.2. The molecule has 0 rings (SSSR count). The molecule has 336 valence electrons. The van der Waals surface area contributed by atoms with E-state index in [2.05, 4.69) is 39.5 Å². The zero-order valence-electron chi connectivity index (χ0n) is 37.6. The van der Waals surface area contributed by atoms with Gasteiger partial charge in [-0.2, -0.15) is 0 Å². The Morgan fingerprint density at radius 1 is 0.491 bits per heavy atom. The third-order valence-corrected chi connectivity index (χ3v) is 11.6. The molecule has 3 atom stereocenters. The van der Waals surface area contributed by atoms with Gasteiger partial charge in [-0.15, -0.1) is 0 Å². The lowest BCUT2D eigenvalue weighted by atomic mass is 9.80. The number of hydrogen-bond donors (Lipinski definition) is 2. The molecule has 0 aliphatic carbocycles. The van der Waals surface area contributed by atoms with Crippen LogP contribution in [-0.4, -0.2) is 78.1 Å². The summed E-state index contributed by atoms with van der Waals surface area (Å²) in [7, 11) is 0. The number of aliphatic carboxylic acids is 2. The number of carbonyl (C=O) groups excluding carboxylic acids is 2. The highest BCUT2D eigenvalue weighted by Crippen LogP contribution is 2.31. The molecule has 0 amide bonds. The van der Waals surface area contributed by atoms with Crippen LogP contribution in [0.5, 0.6) is 0 Å². The van der Waals surface area contributed by atoms with Gasteiger partial charge >= 0.3 is 24.1 Å². The molecular formula is C47H89NO9. The number of carboxylic acids is 2. The maximum Gasteiger partial charge on any atom is 0.508 e. The second-order valence-electron chi connectivity index (χ2n) is 16.6. The SMILES string of the molecule is CCCCCCCCCCCCC(CCOC(=O)OCCCN(CC)CC)OC(=O)CCCCC(CC(CCCCCC)C(=O)O)CC(CCCCCC)C(=O)O. The molecule has 10 nitrogen and oxygen atoms in total. The van der Waals surface area contributed by atoms with Crippen LogP contribution < -0.4 is 0 Å². The van der Waals surface area contributed by atoms with Crippen molar-refractivity contribution in [2.75, 3.05) is 32.8 Å². The third-order valence-electron chi connectivity index (χ3n) is 11.6. The maximum atomic E-state index is 13.1. The van der Waals surface area contributed by atoms with Crippen molar-refractivity contribution in [2.24, 2.45) is 17.8 Å². The minimum atomic E-state index is -0.795. The Morgan fingerprint density at radius 2 is 0.930 bits per heavy atom. The Labute approximate surface area is 349 Å². The summed E-state index contributed by atoms with van der Waals surface area (Å²) in [6.07, 6.45) is 25.5. The van der Waals surface area contributed by atoms with Crippen LogP contribution in [0, 0.1) is 17.8 Å². The standard InChI is InChI=1S/C47H89NO9/c1-6-11-14-17-18-19-20-21-22-25-32-43(34-37-56-47(54)55-36-28-35-48(9-4)10-5)57-44(49)33-27-26-29-40(38-41(45(50)51)30-23-15-12-7-2)39-42(46(52)53)31-24-16-13-8-3/h40-43H,6-39H2,1-5H3,(H,50,51)(H,52,53). The molecule has 0 aromatic carbocycles. The van der Waals surface area contributed by atoms with Crippen molar-refractivity contribution in [2.45, 2.75) is 227 Å². The van der Waals surface area contributed by atoms with Gasteiger partial charge < -0.3 is 29.3 Å².